The molecule has 2 heteroatoms. The van der Waals surface area contributed by atoms with Gasteiger partial charge in [-0.2, -0.15) is 0 Å². The predicted octanol–water partition coefficient (Wildman–Crippen LogP) is 1.91. The molecule has 0 saturated heterocycles. The second-order valence-corrected chi connectivity index (χ2v) is 2.15. The molecule has 0 aromatic heterocycles. The maximum absolute atomic E-state index is 5.61. The minimum atomic E-state index is 0.768. The molecule has 0 aliphatic rings. The average Bonchev–Trinajstić information content (AvgIpc) is 1.95. The summed E-state index contributed by atoms with van der Waals surface area (Å²) in [7, 11) is 0. The van der Waals surface area contributed by atoms with Crippen LogP contribution in [0.25, 0.3) is 0 Å². The van der Waals surface area contributed by atoms with Crippen LogP contribution in [-0.2, 0) is 0 Å². The van der Waals surface area contributed by atoms with Crippen molar-refractivity contribution in [1.29, 1.82) is 0 Å². The van der Waals surface area contributed by atoms with E-state index in [2.05, 4.69) is 11.7 Å². The van der Waals surface area contributed by atoms with Gasteiger partial charge in [-0.3, -0.25) is 4.99 Å². The molecule has 0 spiro atoms. The number of rotatable bonds is 1. The number of aliphatic imine (C=N–C) groups is 1. The third kappa shape index (κ3) is 1.00. The number of nitrogens with two attached hydrogens (primary N) is 1. The molecule has 0 saturated carbocycles. The Morgan fingerprint density at radius 2 is 2.20 bits per heavy atom. The van der Waals surface area contributed by atoms with Crippen molar-refractivity contribution in [2.45, 2.75) is 6.92 Å². The molecule has 0 aliphatic heterocycles. The van der Waals surface area contributed by atoms with Crippen molar-refractivity contribution in [3.8, 4) is 0 Å². The summed E-state index contributed by atoms with van der Waals surface area (Å²) < 4.78 is 0. The first-order valence-electron chi connectivity index (χ1n) is 3.07. The Morgan fingerprint density at radius 3 is 2.70 bits per heavy atom. The summed E-state index contributed by atoms with van der Waals surface area (Å²) in [6, 6.07) is 5.61. The zero-order chi connectivity index (χ0) is 7.56. The minimum absolute atomic E-state index is 0.768. The predicted molar refractivity (Wildman–Crippen MR) is 44.8 cm³/mol. The summed E-state index contributed by atoms with van der Waals surface area (Å²) >= 11 is 0. The Kier molecular flexibility index (Phi) is 1.71. The van der Waals surface area contributed by atoms with Crippen molar-refractivity contribution in [1.82, 2.24) is 0 Å². The summed E-state index contributed by atoms with van der Waals surface area (Å²) in [5.41, 5.74) is 8.24. The molecule has 1 aromatic carbocycles. The van der Waals surface area contributed by atoms with E-state index in [9.17, 15) is 0 Å². The van der Waals surface area contributed by atoms with Crippen LogP contribution in [0.2, 0.25) is 0 Å². The van der Waals surface area contributed by atoms with Crippen molar-refractivity contribution in [2.75, 3.05) is 5.73 Å². The minimum Gasteiger partial charge on any atom is -0.398 e. The maximum atomic E-state index is 5.61. The molecule has 2 nitrogen and oxygen atoms in total. The van der Waals surface area contributed by atoms with E-state index in [0.29, 0.717) is 0 Å². The van der Waals surface area contributed by atoms with Crippen LogP contribution in [0.4, 0.5) is 11.4 Å². The van der Waals surface area contributed by atoms with Gasteiger partial charge in [0.05, 0.1) is 5.69 Å². The van der Waals surface area contributed by atoms with Crippen LogP contribution in [0, 0.1) is 6.92 Å². The fraction of sp³-hybridized carbons (Fsp3) is 0.125. The number of hydrogen-bond donors (Lipinski definition) is 1. The zero-order valence-corrected chi connectivity index (χ0v) is 5.96. The van der Waals surface area contributed by atoms with Crippen LogP contribution in [0.5, 0.6) is 0 Å². The number of benzene rings is 1. The standard InChI is InChI=1S/C8H10N2/c1-6-7(9)4-3-5-8(6)10-2/h3-5H,2,9H2,1H3. The normalized spacial score (nSPS) is 9.30. The molecule has 0 fully saturated rings. The largest absolute Gasteiger partial charge is 0.398 e. The molecule has 0 unspecified atom stereocenters. The number of nitrogens with zero attached hydrogens (tertiary/aromatic N) is 1. The third-order valence-corrected chi connectivity index (χ3v) is 1.52. The first kappa shape index (κ1) is 6.81. The molecule has 1 rings (SSSR count). The van der Waals surface area contributed by atoms with Crippen LogP contribution < -0.4 is 5.73 Å². The van der Waals surface area contributed by atoms with Crippen molar-refractivity contribution < 1.29 is 0 Å². The Hall–Kier alpha value is -1.31. The number of nitrogen functional groups attached to an aromatic ring is 1. The lowest BCUT2D eigenvalue weighted by atomic mass is 10.2. The van der Waals surface area contributed by atoms with Crippen LogP contribution in [0.1, 0.15) is 5.56 Å². The topological polar surface area (TPSA) is 38.4 Å². The van der Waals surface area contributed by atoms with Crippen molar-refractivity contribution in [3.63, 3.8) is 0 Å². The molecule has 0 heterocycles. The molecule has 0 atom stereocenters. The molecule has 10 heavy (non-hydrogen) atoms. The molecule has 1 aromatic rings. The third-order valence-electron chi connectivity index (χ3n) is 1.52. The van der Waals surface area contributed by atoms with Gasteiger partial charge in [0.1, 0.15) is 0 Å². The molecule has 0 amide bonds. The second-order valence-electron chi connectivity index (χ2n) is 2.15. The highest BCUT2D eigenvalue weighted by atomic mass is 14.7. The summed E-state index contributed by atoms with van der Waals surface area (Å²) in [6.07, 6.45) is 0. The van der Waals surface area contributed by atoms with E-state index in [1.54, 1.807) is 0 Å². The second kappa shape index (κ2) is 2.52. The first-order valence-corrected chi connectivity index (χ1v) is 3.07. The van der Waals surface area contributed by atoms with Gasteiger partial charge >= 0.3 is 0 Å². The highest BCUT2D eigenvalue weighted by Gasteiger charge is 1.95. The van der Waals surface area contributed by atoms with E-state index in [-0.39, 0.29) is 0 Å². The Labute approximate surface area is 60.4 Å². The Bertz CT molecular complexity index is 253. The van der Waals surface area contributed by atoms with E-state index in [1.165, 1.54) is 0 Å². The highest BCUT2D eigenvalue weighted by Crippen LogP contribution is 2.22. The van der Waals surface area contributed by atoms with Crippen molar-refractivity contribution >= 4 is 18.1 Å². The Balaban J connectivity index is 3.27. The molecule has 0 bridgehead atoms. The van der Waals surface area contributed by atoms with Gasteiger partial charge in [0, 0.05) is 5.69 Å². The summed E-state index contributed by atoms with van der Waals surface area (Å²) in [5.74, 6) is 0. The Morgan fingerprint density at radius 1 is 1.50 bits per heavy atom. The monoisotopic (exact) mass is 134 g/mol. The maximum Gasteiger partial charge on any atom is 0.0672 e. The average molecular weight is 134 g/mol. The number of hydrogen-bond acceptors (Lipinski definition) is 2. The van der Waals surface area contributed by atoms with Crippen LogP contribution in [0.15, 0.2) is 23.2 Å². The molecule has 0 radical (unpaired) electrons. The van der Waals surface area contributed by atoms with Crippen LogP contribution >= 0.6 is 0 Å². The zero-order valence-electron chi connectivity index (χ0n) is 5.96. The quantitative estimate of drug-likeness (QED) is 0.462. The lowest BCUT2D eigenvalue weighted by Crippen LogP contribution is -1.87. The van der Waals surface area contributed by atoms with Gasteiger partial charge in [-0.15, -0.1) is 0 Å². The van der Waals surface area contributed by atoms with Gasteiger partial charge in [-0.05, 0) is 31.3 Å². The molecule has 2 N–H and O–H groups in total. The summed E-state index contributed by atoms with van der Waals surface area (Å²) in [6.45, 7) is 5.36. The molecule has 0 aliphatic carbocycles. The van der Waals surface area contributed by atoms with Gasteiger partial charge < -0.3 is 5.73 Å². The van der Waals surface area contributed by atoms with Gasteiger partial charge in [0.25, 0.3) is 0 Å². The van der Waals surface area contributed by atoms with Crippen LogP contribution in [-0.4, -0.2) is 6.72 Å². The van der Waals surface area contributed by atoms with Gasteiger partial charge in [0.15, 0.2) is 0 Å². The van der Waals surface area contributed by atoms with Crippen LogP contribution in [0.3, 0.4) is 0 Å². The lowest BCUT2D eigenvalue weighted by molar-refractivity contribution is 1.41. The van der Waals surface area contributed by atoms with E-state index in [1.807, 2.05) is 25.1 Å². The van der Waals surface area contributed by atoms with Gasteiger partial charge in [0.2, 0.25) is 0 Å². The van der Waals surface area contributed by atoms with E-state index < -0.39 is 0 Å². The molecular formula is C8H10N2. The fourth-order valence-electron chi connectivity index (χ4n) is 0.812. The summed E-state index contributed by atoms with van der Waals surface area (Å²) in [4.78, 5) is 3.80. The highest BCUT2D eigenvalue weighted by molar-refractivity contribution is 5.61. The van der Waals surface area contributed by atoms with E-state index in [4.69, 9.17) is 5.73 Å². The molecule has 52 valence electrons. The van der Waals surface area contributed by atoms with E-state index >= 15 is 0 Å². The molecular weight excluding hydrogens is 124 g/mol. The fourth-order valence-corrected chi connectivity index (χ4v) is 0.812. The van der Waals surface area contributed by atoms with Crippen molar-refractivity contribution in [2.24, 2.45) is 4.99 Å². The number of anilines is 1. The summed E-state index contributed by atoms with van der Waals surface area (Å²) in [5, 5.41) is 0. The van der Waals surface area contributed by atoms with Gasteiger partial charge in [-0.1, -0.05) is 6.07 Å². The van der Waals surface area contributed by atoms with E-state index in [0.717, 1.165) is 16.9 Å². The first-order chi connectivity index (χ1) is 4.75. The van der Waals surface area contributed by atoms with Crippen molar-refractivity contribution in [3.05, 3.63) is 23.8 Å². The smallest absolute Gasteiger partial charge is 0.0672 e. The van der Waals surface area contributed by atoms with Gasteiger partial charge in [-0.25, -0.2) is 0 Å². The lowest BCUT2D eigenvalue weighted by Gasteiger charge is -2.00. The SMILES string of the molecule is C=Nc1cccc(N)c1C.